The van der Waals surface area contributed by atoms with Gasteiger partial charge in [0.05, 0.1) is 6.10 Å². The van der Waals surface area contributed by atoms with Crippen LogP contribution in [0.4, 0.5) is 0 Å². The van der Waals surface area contributed by atoms with Crippen LogP contribution in [0.2, 0.25) is 0 Å². The third-order valence-electron chi connectivity index (χ3n) is 2.92. The highest BCUT2D eigenvalue weighted by Gasteiger charge is 2.07. The zero-order valence-electron chi connectivity index (χ0n) is 11.4. The molecule has 0 fully saturated rings. The topological polar surface area (TPSA) is 35.2 Å². The van der Waals surface area contributed by atoms with Crippen molar-refractivity contribution in [2.45, 2.75) is 52.7 Å². The summed E-state index contributed by atoms with van der Waals surface area (Å²) in [5.74, 6) is 1.50. The first-order chi connectivity index (χ1) is 7.99. The van der Waals surface area contributed by atoms with Crippen LogP contribution in [0.15, 0.2) is 24.3 Å². The van der Waals surface area contributed by atoms with Crippen LogP contribution < -0.4 is 10.5 Å². The summed E-state index contributed by atoms with van der Waals surface area (Å²) in [6.45, 7) is 8.42. The molecule has 96 valence electrons. The summed E-state index contributed by atoms with van der Waals surface area (Å²) in [5, 5.41) is 0. The summed E-state index contributed by atoms with van der Waals surface area (Å²) < 4.78 is 5.61. The fourth-order valence-electron chi connectivity index (χ4n) is 1.67. The van der Waals surface area contributed by atoms with Gasteiger partial charge in [-0.1, -0.05) is 26.0 Å². The average Bonchev–Trinajstić information content (AvgIpc) is 2.26. The van der Waals surface area contributed by atoms with E-state index in [9.17, 15) is 0 Å². The van der Waals surface area contributed by atoms with Gasteiger partial charge in [-0.2, -0.15) is 0 Å². The molecule has 1 unspecified atom stereocenters. The van der Waals surface area contributed by atoms with Crippen molar-refractivity contribution in [2.75, 3.05) is 0 Å². The molecule has 2 nitrogen and oxygen atoms in total. The number of aryl methyl sites for hydroxylation is 1. The van der Waals surface area contributed by atoms with E-state index in [1.165, 1.54) is 5.56 Å². The molecule has 0 aliphatic rings. The van der Waals surface area contributed by atoms with Gasteiger partial charge in [0.2, 0.25) is 0 Å². The second kappa shape index (κ2) is 6.65. The second-order valence-corrected chi connectivity index (χ2v) is 5.26. The second-order valence-electron chi connectivity index (χ2n) is 5.26. The minimum absolute atomic E-state index is 0.232. The van der Waals surface area contributed by atoms with Gasteiger partial charge in [0.15, 0.2) is 0 Å². The number of rotatable bonds is 6. The van der Waals surface area contributed by atoms with Crippen LogP contribution in [0.5, 0.6) is 5.75 Å². The first-order valence-corrected chi connectivity index (χ1v) is 6.50. The molecule has 1 atom stereocenters. The largest absolute Gasteiger partial charge is 0.491 e. The van der Waals surface area contributed by atoms with Gasteiger partial charge in [0, 0.05) is 6.04 Å². The summed E-state index contributed by atoms with van der Waals surface area (Å²) >= 11 is 0. The fourth-order valence-corrected chi connectivity index (χ4v) is 1.67. The van der Waals surface area contributed by atoms with E-state index >= 15 is 0 Å². The molecule has 0 amide bonds. The number of hydrogen-bond acceptors (Lipinski definition) is 2. The Labute approximate surface area is 105 Å². The molecule has 0 aromatic heterocycles. The predicted octanol–water partition coefficient (Wildman–Crippen LogP) is 3.39. The number of hydrogen-bond donors (Lipinski definition) is 1. The molecule has 1 rings (SSSR count). The van der Waals surface area contributed by atoms with Crippen LogP contribution in [-0.2, 0) is 6.42 Å². The Bertz CT molecular complexity index is 316. The van der Waals surface area contributed by atoms with Crippen LogP contribution in [0.25, 0.3) is 0 Å². The smallest absolute Gasteiger partial charge is 0.119 e. The highest BCUT2D eigenvalue weighted by molar-refractivity contribution is 5.27. The van der Waals surface area contributed by atoms with Crippen molar-refractivity contribution in [3.63, 3.8) is 0 Å². The zero-order valence-corrected chi connectivity index (χ0v) is 11.4. The maximum absolute atomic E-state index is 6.04. The lowest BCUT2D eigenvalue weighted by Gasteiger charge is -2.15. The van der Waals surface area contributed by atoms with Crippen molar-refractivity contribution in [1.29, 1.82) is 0 Å². The Morgan fingerprint density at radius 1 is 1.06 bits per heavy atom. The van der Waals surface area contributed by atoms with Crippen molar-refractivity contribution < 1.29 is 4.74 Å². The van der Waals surface area contributed by atoms with Crippen LogP contribution in [0.3, 0.4) is 0 Å². The quantitative estimate of drug-likeness (QED) is 0.820. The van der Waals surface area contributed by atoms with Crippen LogP contribution in [-0.4, -0.2) is 12.1 Å². The molecule has 2 heteroatoms. The normalized spacial score (nSPS) is 13.1. The van der Waals surface area contributed by atoms with Gasteiger partial charge in [0.1, 0.15) is 5.75 Å². The molecule has 1 aromatic carbocycles. The van der Waals surface area contributed by atoms with Gasteiger partial charge in [-0.15, -0.1) is 0 Å². The summed E-state index contributed by atoms with van der Waals surface area (Å²) in [4.78, 5) is 0. The number of benzene rings is 1. The number of nitrogens with two attached hydrogens (primary N) is 1. The van der Waals surface area contributed by atoms with Crippen LogP contribution in [0, 0.1) is 5.92 Å². The van der Waals surface area contributed by atoms with Crippen molar-refractivity contribution in [3.05, 3.63) is 29.8 Å². The lowest BCUT2D eigenvalue weighted by molar-refractivity contribution is 0.242. The third kappa shape index (κ3) is 5.22. The van der Waals surface area contributed by atoms with Crippen molar-refractivity contribution in [1.82, 2.24) is 0 Å². The maximum atomic E-state index is 6.04. The molecule has 1 aromatic rings. The van der Waals surface area contributed by atoms with Crippen molar-refractivity contribution in [2.24, 2.45) is 11.7 Å². The highest BCUT2D eigenvalue weighted by atomic mass is 16.5. The van der Waals surface area contributed by atoms with E-state index in [4.69, 9.17) is 10.5 Å². The van der Waals surface area contributed by atoms with E-state index in [0.717, 1.165) is 18.6 Å². The molecule has 17 heavy (non-hydrogen) atoms. The van der Waals surface area contributed by atoms with Crippen molar-refractivity contribution >= 4 is 0 Å². The van der Waals surface area contributed by atoms with E-state index in [1.807, 2.05) is 26.0 Å². The fraction of sp³-hybridized carbons (Fsp3) is 0.600. The van der Waals surface area contributed by atoms with Gasteiger partial charge in [-0.05, 0) is 50.3 Å². The summed E-state index contributed by atoms with van der Waals surface area (Å²) in [6, 6.07) is 8.63. The maximum Gasteiger partial charge on any atom is 0.119 e. The van der Waals surface area contributed by atoms with Gasteiger partial charge in [-0.3, -0.25) is 0 Å². The van der Waals surface area contributed by atoms with E-state index in [2.05, 4.69) is 26.0 Å². The molecular weight excluding hydrogens is 210 g/mol. The SMILES string of the molecule is CC(C)Oc1ccc(CCC(N)C(C)C)cc1. The predicted molar refractivity (Wildman–Crippen MR) is 73.3 cm³/mol. The zero-order chi connectivity index (χ0) is 12.8. The Hall–Kier alpha value is -1.02. The lowest BCUT2D eigenvalue weighted by Crippen LogP contribution is -2.26. The summed E-state index contributed by atoms with van der Waals surface area (Å²) in [7, 11) is 0. The Morgan fingerprint density at radius 3 is 2.12 bits per heavy atom. The number of ether oxygens (including phenoxy) is 1. The Kier molecular flexibility index (Phi) is 5.49. The minimum atomic E-state index is 0.232. The van der Waals surface area contributed by atoms with Crippen molar-refractivity contribution in [3.8, 4) is 5.75 Å². The van der Waals surface area contributed by atoms with E-state index < -0.39 is 0 Å². The molecule has 2 N–H and O–H groups in total. The van der Waals surface area contributed by atoms with Gasteiger partial charge < -0.3 is 10.5 Å². The Balaban J connectivity index is 2.45. The molecule has 0 heterocycles. The Morgan fingerprint density at radius 2 is 1.65 bits per heavy atom. The standard InChI is InChI=1S/C15H25NO/c1-11(2)15(16)10-7-13-5-8-14(9-6-13)17-12(3)4/h5-6,8-9,11-12,15H,7,10,16H2,1-4H3. The first kappa shape index (κ1) is 14.0. The highest BCUT2D eigenvalue weighted by Crippen LogP contribution is 2.16. The molecule has 0 spiro atoms. The van der Waals surface area contributed by atoms with Crippen LogP contribution >= 0.6 is 0 Å². The van der Waals surface area contributed by atoms with E-state index in [0.29, 0.717) is 12.0 Å². The van der Waals surface area contributed by atoms with Gasteiger partial charge in [-0.25, -0.2) is 0 Å². The van der Waals surface area contributed by atoms with E-state index in [1.54, 1.807) is 0 Å². The van der Waals surface area contributed by atoms with Crippen LogP contribution in [0.1, 0.15) is 39.7 Å². The minimum Gasteiger partial charge on any atom is -0.491 e. The molecule has 0 aliphatic heterocycles. The third-order valence-corrected chi connectivity index (χ3v) is 2.92. The molecular formula is C15H25NO. The average molecular weight is 235 g/mol. The van der Waals surface area contributed by atoms with Gasteiger partial charge in [0.25, 0.3) is 0 Å². The summed E-state index contributed by atoms with van der Waals surface area (Å²) in [6.07, 6.45) is 2.32. The molecule has 0 saturated heterocycles. The molecule has 0 radical (unpaired) electrons. The molecule has 0 bridgehead atoms. The molecule has 0 aliphatic carbocycles. The van der Waals surface area contributed by atoms with Gasteiger partial charge >= 0.3 is 0 Å². The van der Waals surface area contributed by atoms with E-state index in [-0.39, 0.29) is 6.10 Å². The first-order valence-electron chi connectivity index (χ1n) is 6.50. The lowest BCUT2D eigenvalue weighted by atomic mass is 9.98. The monoisotopic (exact) mass is 235 g/mol. The molecule has 0 saturated carbocycles. The summed E-state index contributed by atoms with van der Waals surface area (Å²) in [5.41, 5.74) is 7.37.